The van der Waals surface area contributed by atoms with Gasteiger partial charge in [0, 0.05) is 18.6 Å². The number of carbonyl (C=O) groups is 2. The molecule has 3 rings (SSSR count). The van der Waals surface area contributed by atoms with Crippen molar-refractivity contribution in [3.05, 3.63) is 53.1 Å². The number of methoxy groups -OCH3 is 2. The summed E-state index contributed by atoms with van der Waals surface area (Å²) in [7, 11) is 4.84. The lowest BCUT2D eigenvalue weighted by molar-refractivity contribution is -0.135. The third-order valence-corrected chi connectivity index (χ3v) is 5.98. The first-order valence-corrected chi connectivity index (χ1v) is 10.3. The zero-order valence-corrected chi connectivity index (χ0v) is 18.3. The number of halogens is 1. The lowest BCUT2D eigenvalue weighted by Crippen LogP contribution is -2.53. The Balaban J connectivity index is 1.84. The van der Waals surface area contributed by atoms with Gasteiger partial charge in [0.1, 0.15) is 17.0 Å². The minimum Gasteiger partial charge on any atom is -0.495 e. The van der Waals surface area contributed by atoms with Gasteiger partial charge in [0.15, 0.2) is 5.78 Å². The summed E-state index contributed by atoms with van der Waals surface area (Å²) in [4.78, 5) is 27.9. The Morgan fingerprint density at radius 3 is 2.47 bits per heavy atom. The quantitative estimate of drug-likeness (QED) is 0.710. The van der Waals surface area contributed by atoms with Crippen molar-refractivity contribution in [1.82, 2.24) is 4.90 Å². The zero-order chi connectivity index (χ0) is 21.7. The number of rotatable bonds is 7. The predicted octanol–water partition coefficient (Wildman–Crippen LogP) is 4.27. The third kappa shape index (κ3) is 4.30. The molecule has 30 heavy (non-hydrogen) atoms. The molecule has 1 N–H and O–H groups in total. The number of carbonyl (C=O) groups excluding carboxylic acids is 2. The molecule has 0 bridgehead atoms. The molecule has 0 unspecified atom stereocenters. The lowest BCUT2D eigenvalue weighted by atomic mass is 9.74. The van der Waals surface area contributed by atoms with Crippen LogP contribution in [0.15, 0.2) is 42.5 Å². The molecular weight excluding hydrogens is 404 g/mol. The van der Waals surface area contributed by atoms with Crippen LogP contribution in [0.2, 0.25) is 5.02 Å². The van der Waals surface area contributed by atoms with Gasteiger partial charge in [-0.25, -0.2) is 0 Å². The van der Waals surface area contributed by atoms with E-state index >= 15 is 0 Å². The summed E-state index contributed by atoms with van der Waals surface area (Å²) in [5.41, 5.74) is 0.593. The molecule has 1 saturated carbocycles. The number of anilines is 1. The summed E-state index contributed by atoms with van der Waals surface area (Å²) in [6, 6.07) is 12.9. The second-order valence-corrected chi connectivity index (χ2v) is 7.86. The van der Waals surface area contributed by atoms with Gasteiger partial charge in [0.25, 0.3) is 0 Å². The molecule has 0 heterocycles. The molecule has 160 valence electrons. The molecule has 1 aliphatic rings. The number of amides is 1. The van der Waals surface area contributed by atoms with Crippen molar-refractivity contribution in [2.45, 2.75) is 31.2 Å². The van der Waals surface area contributed by atoms with Gasteiger partial charge >= 0.3 is 0 Å². The zero-order valence-electron chi connectivity index (χ0n) is 17.5. The number of likely N-dealkylation sites (N-methyl/N-ethyl adjacent to an activating group) is 1. The van der Waals surface area contributed by atoms with Crippen LogP contribution in [-0.2, 0) is 15.1 Å². The van der Waals surface area contributed by atoms with Crippen molar-refractivity contribution < 1.29 is 19.1 Å². The fourth-order valence-corrected chi connectivity index (χ4v) is 4.38. The van der Waals surface area contributed by atoms with Crippen LogP contribution in [0.1, 0.15) is 31.2 Å². The van der Waals surface area contributed by atoms with Gasteiger partial charge < -0.3 is 14.8 Å². The highest BCUT2D eigenvalue weighted by Gasteiger charge is 2.45. The van der Waals surface area contributed by atoms with Gasteiger partial charge in [-0.15, -0.1) is 0 Å². The Labute approximate surface area is 182 Å². The largest absolute Gasteiger partial charge is 0.495 e. The number of nitrogens with zero attached hydrogens (tertiary/aromatic N) is 1. The lowest BCUT2D eigenvalue weighted by Gasteiger charge is -2.43. The van der Waals surface area contributed by atoms with E-state index in [4.69, 9.17) is 21.1 Å². The van der Waals surface area contributed by atoms with E-state index in [0.717, 1.165) is 18.4 Å². The molecule has 0 aliphatic heterocycles. The van der Waals surface area contributed by atoms with E-state index in [2.05, 4.69) is 5.32 Å². The van der Waals surface area contributed by atoms with Crippen molar-refractivity contribution in [2.24, 2.45) is 0 Å². The highest BCUT2D eigenvalue weighted by molar-refractivity contribution is 6.32. The van der Waals surface area contributed by atoms with Crippen molar-refractivity contribution in [1.29, 1.82) is 0 Å². The summed E-state index contributed by atoms with van der Waals surface area (Å²) in [6.45, 7) is 0.0503. The molecule has 7 heteroatoms. The Morgan fingerprint density at radius 2 is 1.83 bits per heavy atom. The smallest absolute Gasteiger partial charge is 0.238 e. The van der Waals surface area contributed by atoms with E-state index in [-0.39, 0.29) is 18.2 Å². The van der Waals surface area contributed by atoms with E-state index in [0.29, 0.717) is 35.1 Å². The molecule has 2 aromatic carbocycles. The maximum Gasteiger partial charge on any atom is 0.238 e. The van der Waals surface area contributed by atoms with E-state index in [1.807, 2.05) is 42.3 Å². The molecule has 0 saturated heterocycles. The van der Waals surface area contributed by atoms with Crippen LogP contribution in [0, 0.1) is 0 Å². The minimum absolute atomic E-state index is 0.0503. The summed E-state index contributed by atoms with van der Waals surface area (Å²) in [5.74, 6) is 0.766. The second kappa shape index (κ2) is 9.49. The molecule has 1 aliphatic carbocycles. The first kappa shape index (κ1) is 22.1. The number of hydrogen-bond acceptors (Lipinski definition) is 5. The van der Waals surface area contributed by atoms with Gasteiger partial charge in [-0.3, -0.25) is 14.5 Å². The second-order valence-electron chi connectivity index (χ2n) is 7.45. The van der Waals surface area contributed by atoms with Crippen LogP contribution in [0.25, 0.3) is 0 Å². The third-order valence-electron chi connectivity index (χ3n) is 5.69. The van der Waals surface area contributed by atoms with Gasteiger partial charge in [-0.1, -0.05) is 48.4 Å². The molecule has 1 fully saturated rings. The maximum atomic E-state index is 13.1. The Hall–Kier alpha value is -2.57. The van der Waals surface area contributed by atoms with Gasteiger partial charge in [-0.05, 0) is 25.5 Å². The number of Topliss-reactive ketones (excluding diaryl/α,β-unsaturated/α-hetero) is 1. The normalized spacial score (nSPS) is 18.9. The van der Waals surface area contributed by atoms with Gasteiger partial charge in [0.05, 0.1) is 31.5 Å². The topological polar surface area (TPSA) is 67.9 Å². The summed E-state index contributed by atoms with van der Waals surface area (Å²) in [6.07, 6.45) is 3.03. The van der Waals surface area contributed by atoms with Crippen LogP contribution in [0.3, 0.4) is 0 Å². The fraction of sp³-hybridized carbons (Fsp3) is 0.391. The van der Waals surface area contributed by atoms with Crippen LogP contribution < -0.4 is 14.8 Å². The first-order valence-electron chi connectivity index (χ1n) is 9.94. The molecule has 2 aromatic rings. The van der Waals surface area contributed by atoms with Crippen LogP contribution in [0.5, 0.6) is 11.5 Å². The standard InChI is InChI=1S/C23H27ClN2O4/c1-26(23(12-8-7-11-21(23)27)16-9-5-4-6-10-16)15-22(28)25-18-14-19(29-2)17(24)13-20(18)30-3/h4-6,9-10,13-14H,7-8,11-12,15H2,1-3H3,(H,25,28)/t23-/m0/s1. The van der Waals surface area contributed by atoms with Gasteiger partial charge in [0.2, 0.25) is 5.91 Å². The number of hydrogen-bond donors (Lipinski definition) is 1. The molecule has 0 aromatic heterocycles. The minimum atomic E-state index is -0.793. The molecule has 6 nitrogen and oxygen atoms in total. The van der Waals surface area contributed by atoms with E-state index in [1.54, 1.807) is 12.1 Å². The van der Waals surface area contributed by atoms with E-state index < -0.39 is 5.54 Å². The number of ketones is 1. The average Bonchev–Trinajstić information content (AvgIpc) is 2.75. The maximum absolute atomic E-state index is 13.1. The van der Waals surface area contributed by atoms with Crippen LogP contribution in [0.4, 0.5) is 5.69 Å². The highest BCUT2D eigenvalue weighted by Crippen LogP contribution is 2.39. The number of nitrogens with one attached hydrogen (secondary N) is 1. The van der Waals surface area contributed by atoms with Gasteiger partial charge in [-0.2, -0.15) is 0 Å². The Morgan fingerprint density at radius 1 is 1.13 bits per heavy atom. The van der Waals surface area contributed by atoms with Crippen molar-refractivity contribution in [3.63, 3.8) is 0 Å². The molecular formula is C23H27ClN2O4. The van der Waals surface area contributed by atoms with Crippen molar-refractivity contribution in [2.75, 3.05) is 33.1 Å². The fourth-order valence-electron chi connectivity index (χ4n) is 4.15. The predicted molar refractivity (Wildman–Crippen MR) is 117 cm³/mol. The monoisotopic (exact) mass is 430 g/mol. The number of benzene rings is 2. The molecule has 1 amide bonds. The summed E-state index contributed by atoms with van der Waals surface area (Å²) >= 11 is 6.14. The summed E-state index contributed by atoms with van der Waals surface area (Å²) in [5, 5.41) is 3.25. The summed E-state index contributed by atoms with van der Waals surface area (Å²) < 4.78 is 10.6. The van der Waals surface area contributed by atoms with Crippen LogP contribution >= 0.6 is 11.6 Å². The van der Waals surface area contributed by atoms with Crippen molar-refractivity contribution >= 4 is 29.0 Å². The van der Waals surface area contributed by atoms with E-state index in [1.165, 1.54) is 14.2 Å². The Kier molecular flexibility index (Phi) is 7.00. The highest BCUT2D eigenvalue weighted by atomic mass is 35.5. The molecule has 0 radical (unpaired) electrons. The van der Waals surface area contributed by atoms with Crippen molar-refractivity contribution in [3.8, 4) is 11.5 Å². The Bertz CT molecular complexity index is 919. The SMILES string of the molecule is COc1cc(NC(=O)CN(C)[C@]2(c3ccccc3)CCCCC2=O)c(OC)cc1Cl. The molecule has 0 spiro atoms. The number of ether oxygens (including phenoxy) is 2. The first-order chi connectivity index (χ1) is 14.4. The molecule has 1 atom stereocenters. The van der Waals surface area contributed by atoms with Crippen LogP contribution in [-0.4, -0.2) is 44.4 Å². The average molecular weight is 431 g/mol. The van der Waals surface area contributed by atoms with E-state index in [9.17, 15) is 9.59 Å².